The van der Waals surface area contributed by atoms with Crippen LogP contribution in [0.2, 0.25) is 0 Å². The molecular weight excluding hydrogens is 346 g/mol. The van der Waals surface area contributed by atoms with E-state index in [9.17, 15) is 13.2 Å². The summed E-state index contributed by atoms with van der Waals surface area (Å²) in [5.74, 6) is -0.624. The molecule has 5 nitrogen and oxygen atoms in total. The molecule has 0 spiro atoms. The predicted molar refractivity (Wildman–Crippen MR) is 92.7 cm³/mol. The van der Waals surface area contributed by atoms with Crippen molar-refractivity contribution in [3.63, 3.8) is 0 Å². The van der Waals surface area contributed by atoms with E-state index < -0.39 is 16.0 Å². The maximum atomic E-state index is 13.1. The van der Waals surface area contributed by atoms with Crippen LogP contribution in [-0.4, -0.2) is 32.8 Å². The average molecular weight is 365 g/mol. The molecule has 1 unspecified atom stereocenters. The van der Waals surface area contributed by atoms with Gasteiger partial charge >= 0.3 is 5.97 Å². The van der Waals surface area contributed by atoms with Crippen LogP contribution in [0.15, 0.2) is 40.6 Å². The van der Waals surface area contributed by atoms with Crippen LogP contribution in [0.4, 0.5) is 0 Å². The van der Waals surface area contributed by atoms with Crippen LogP contribution in [0, 0.1) is 0 Å². The number of methoxy groups -OCH3 is 1. The molecule has 128 valence electrons. The average Bonchev–Trinajstić information content (AvgIpc) is 3.10. The summed E-state index contributed by atoms with van der Waals surface area (Å²) in [4.78, 5) is 12.0. The Morgan fingerprint density at radius 2 is 2.04 bits per heavy atom. The van der Waals surface area contributed by atoms with Crippen molar-refractivity contribution in [3.8, 4) is 0 Å². The number of thiophene rings is 1. The second kappa shape index (κ2) is 6.66. The SMILES string of the molecule is COC(=O)c1sccc1S(=O)(=O)N(C)C1CCCc2ccccc21. The minimum atomic E-state index is -3.78. The summed E-state index contributed by atoms with van der Waals surface area (Å²) in [6.07, 6.45) is 2.67. The fraction of sp³-hybridized carbons (Fsp3) is 0.353. The van der Waals surface area contributed by atoms with Crippen molar-refractivity contribution in [1.29, 1.82) is 0 Å². The van der Waals surface area contributed by atoms with E-state index in [1.807, 2.05) is 24.3 Å². The molecule has 1 aliphatic rings. The molecule has 0 saturated carbocycles. The van der Waals surface area contributed by atoms with E-state index in [0.717, 1.165) is 36.2 Å². The molecule has 0 radical (unpaired) electrons. The van der Waals surface area contributed by atoms with Crippen molar-refractivity contribution < 1.29 is 17.9 Å². The number of nitrogens with zero attached hydrogens (tertiary/aromatic N) is 1. The molecule has 2 aromatic rings. The molecule has 1 aromatic carbocycles. The summed E-state index contributed by atoms with van der Waals surface area (Å²) in [6, 6.07) is 9.20. The lowest BCUT2D eigenvalue weighted by atomic mass is 9.88. The van der Waals surface area contributed by atoms with Crippen LogP contribution in [0.5, 0.6) is 0 Å². The van der Waals surface area contributed by atoms with Crippen molar-refractivity contribution in [3.05, 3.63) is 51.7 Å². The number of hydrogen-bond donors (Lipinski definition) is 0. The van der Waals surface area contributed by atoms with Gasteiger partial charge in [0.1, 0.15) is 9.77 Å². The molecule has 1 atom stereocenters. The van der Waals surface area contributed by atoms with Gasteiger partial charge in [0.2, 0.25) is 10.0 Å². The van der Waals surface area contributed by atoms with Crippen molar-refractivity contribution in [2.24, 2.45) is 0 Å². The third-order valence-electron chi connectivity index (χ3n) is 4.43. The molecule has 0 bridgehead atoms. The maximum absolute atomic E-state index is 13.1. The number of carbonyl (C=O) groups is 1. The molecule has 24 heavy (non-hydrogen) atoms. The zero-order valence-corrected chi connectivity index (χ0v) is 15.2. The van der Waals surface area contributed by atoms with Gasteiger partial charge in [-0.3, -0.25) is 0 Å². The minimum absolute atomic E-state index is 0.0184. The van der Waals surface area contributed by atoms with Gasteiger partial charge in [-0.1, -0.05) is 24.3 Å². The standard InChI is InChI=1S/C17H19NO4S2/c1-18(14-9-5-7-12-6-3-4-8-13(12)14)24(20,21)15-10-11-23-16(15)17(19)22-2/h3-4,6,8,10-11,14H,5,7,9H2,1-2H3. The van der Waals surface area contributed by atoms with Crippen LogP contribution in [0.25, 0.3) is 0 Å². The summed E-state index contributed by atoms with van der Waals surface area (Å²) in [5, 5.41) is 1.60. The lowest BCUT2D eigenvalue weighted by Gasteiger charge is -2.32. The van der Waals surface area contributed by atoms with Crippen molar-refractivity contribution in [1.82, 2.24) is 4.31 Å². The first-order valence-electron chi connectivity index (χ1n) is 7.68. The lowest BCUT2D eigenvalue weighted by molar-refractivity contribution is 0.0602. The van der Waals surface area contributed by atoms with Crippen LogP contribution in [-0.2, 0) is 21.2 Å². The molecule has 1 heterocycles. The summed E-state index contributed by atoms with van der Waals surface area (Å²) < 4.78 is 32.2. The fourth-order valence-electron chi connectivity index (χ4n) is 3.17. The Bertz CT molecular complexity index is 857. The van der Waals surface area contributed by atoms with E-state index >= 15 is 0 Å². The van der Waals surface area contributed by atoms with E-state index in [4.69, 9.17) is 4.74 Å². The summed E-state index contributed by atoms with van der Waals surface area (Å²) in [5.41, 5.74) is 2.24. The van der Waals surface area contributed by atoms with Crippen molar-refractivity contribution in [2.75, 3.05) is 14.2 Å². The molecule has 0 aliphatic heterocycles. The lowest BCUT2D eigenvalue weighted by Crippen LogP contribution is -2.33. The highest BCUT2D eigenvalue weighted by atomic mass is 32.2. The number of carbonyl (C=O) groups excluding carboxylic acids is 1. The summed E-state index contributed by atoms with van der Waals surface area (Å²) >= 11 is 1.08. The number of sulfonamides is 1. The zero-order valence-electron chi connectivity index (χ0n) is 13.6. The van der Waals surface area contributed by atoms with E-state index in [1.165, 1.54) is 23.0 Å². The molecular formula is C17H19NO4S2. The number of hydrogen-bond acceptors (Lipinski definition) is 5. The molecule has 1 aromatic heterocycles. The highest BCUT2D eigenvalue weighted by Crippen LogP contribution is 2.37. The van der Waals surface area contributed by atoms with Gasteiger partial charge in [-0.15, -0.1) is 11.3 Å². The number of aryl methyl sites for hydroxylation is 1. The number of ether oxygens (including phenoxy) is 1. The first-order valence-corrected chi connectivity index (χ1v) is 10.0. The predicted octanol–water partition coefficient (Wildman–Crippen LogP) is 3.23. The maximum Gasteiger partial charge on any atom is 0.349 e. The Kier molecular flexibility index (Phi) is 4.76. The van der Waals surface area contributed by atoms with E-state index in [2.05, 4.69) is 0 Å². The molecule has 0 fully saturated rings. The van der Waals surface area contributed by atoms with Crippen LogP contribution in [0.1, 0.15) is 39.7 Å². The number of fused-ring (bicyclic) bond motifs is 1. The van der Waals surface area contributed by atoms with Gasteiger partial charge in [-0.2, -0.15) is 4.31 Å². The second-order valence-corrected chi connectivity index (χ2v) is 8.62. The van der Waals surface area contributed by atoms with Crippen LogP contribution < -0.4 is 0 Å². The molecule has 7 heteroatoms. The topological polar surface area (TPSA) is 63.7 Å². The molecule has 3 rings (SSSR count). The second-order valence-electron chi connectivity index (χ2n) is 5.73. The van der Waals surface area contributed by atoms with Crippen LogP contribution >= 0.6 is 11.3 Å². The minimum Gasteiger partial charge on any atom is -0.465 e. The zero-order chi connectivity index (χ0) is 17.3. The third-order valence-corrected chi connectivity index (χ3v) is 7.37. The quantitative estimate of drug-likeness (QED) is 0.781. The van der Waals surface area contributed by atoms with E-state index in [0.29, 0.717) is 0 Å². The Hall–Kier alpha value is -1.70. The number of esters is 1. The Labute approximate surface area is 145 Å². The monoisotopic (exact) mass is 365 g/mol. The summed E-state index contributed by atoms with van der Waals surface area (Å²) in [7, 11) is -0.947. The fourth-order valence-corrected chi connectivity index (χ4v) is 5.84. The van der Waals surface area contributed by atoms with Gasteiger partial charge < -0.3 is 4.74 Å². The van der Waals surface area contributed by atoms with Crippen LogP contribution in [0.3, 0.4) is 0 Å². The Morgan fingerprint density at radius 3 is 2.79 bits per heavy atom. The molecule has 1 aliphatic carbocycles. The first-order chi connectivity index (χ1) is 11.5. The number of benzene rings is 1. The molecule has 0 N–H and O–H groups in total. The third kappa shape index (κ3) is 2.87. The highest BCUT2D eigenvalue weighted by molar-refractivity contribution is 7.89. The van der Waals surface area contributed by atoms with Gasteiger partial charge in [-0.05, 0) is 41.8 Å². The van der Waals surface area contributed by atoms with E-state index in [1.54, 1.807) is 12.4 Å². The van der Waals surface area contributed by atoms with Gasteiger partial charge in [-0.25, -0.2) is 13.2 Å². The highest BCUT2D eigenvalue weighted by Gasteiger charge is 2.35. The van der Waals surface area contributed by atoms with E-state index in [-0.39, 0.29) is 15.8 Å². The van der Waals surface area contributed by atoms with Gasteiger partial charge in [0.05, 0.1) is 7.11 Å². The van der Waals surface area contributed by atoms with Crippen molar-refractivity contribution >= 4 is 27.3 Å². The smallest absolute Gasteiger partial charge is 0.349 e. The summed E-state index contributed by atoms with van der Waals surface area (Å²) in [6.45, 7) is 0. The van der Waals surface area contributed by atoms with Gasteiger partial charge in [0.25, 0.3) is 0 Å². The number of rotatable bonds is 4. The normalized spacial score (nSPS) is 17.5. The molecule has 0 saturated heterocycles. The Balaban J connectivity index is 2.00. The Morgan fingerprint density at radius 1 is 1.29 bits per heavy atom. The van der Waals surface area contributed by atoms with Gasteiger partial charge in [0.15, 0.2) is 0 Å². The van der Waals surface area contributed by atoms with Gasteiger partial charge in [0, 0.05) is 13.1 Å². The van der Waals surface area contributed by atoms with Crippen molar-refractivity contribution in [2.45, 2.75) is 30.2 Å². The first kappa shape index (κ1) is 17.1. The largest absolute Gasteiger partial charge is 0.465 e. The molecule has 0 amide bonds.